The lowest BCUT2D eigenvalue weighted by molar-refractivity contribution is -0.119. The fourth-order valence-electron chi connectivity index (χ4n) is 1.66. The molecule has 0 bridgehead atoms. The topological polar surface area (TPSA) is 58.4 Å². The Bertz CT molecular complexity index is 387. The predicted octanol–water partition coefficient (Wildman–Crippen LogP) is 1.55. The number of carbonyl (C=O) groups excluding carboxylic acids is 1. The summed E-state index contributed by atoms with van der Waals surface area (Å²) in [4.78, 5) is 12.8. The van der Waals surface area contributed by atoms with E-state index in [0.29, 0.717) is 6.54 Å². The van der Waals surface area contributed by atoms with Crippen LogP contribution in [0.2, 0.25) is 0 Å². The molecule has 0 atom stereocenters. The number of hydrogen-bond donors (Lipinski definition) is 2. The molecule has 98 valence electrons. The zero-order chi connectivity index (χ0) is 13.4. The molecule has 0 saturated carbocycles. The smallest absolute Gasteiger partial charge is 0.231 e. The molecule has 0 saturated heterocycles. The van der Waals surface area contributed by atoms with Crippen LogP contribution >= 0.6 is 0 Å². The third-order valence-electron chi connectivity index (χ3n) is 2.73. The van der Waals surface area contributed by atoms with E-state index in [4.69, 9.17) is 5.73 Å². The quantitative estimate of drug-likeness (QED) is 0.732. The molecule has 18 heavy (non-hydrogen) atoms. The molecule has 1 rings (SSSR count). The lowest BCUT2D eigenvalue weighted by atomic mass is 10.2. The lowest BCUT2D eigenvalue weighted by Crippen LogP contribution is -2.36. The number of anilines is 1. The average Bonchev–Trinajstić information content (AvgIpc) is 2.38. The maximum Gasteiger partial charge on any atom is 0.231 e. The largest absolute Gasteiger partial charge is 0.384 e. The van der Waals surface area contributed by atoms with Crippen molar-refractivity contribution in [2.24, 2.45) is 5.73 Å². The van der Waals surface area contributed by atoms with Gasteiger partial charge in [-0.15, -0.1) is 0 Å². The van der Waals surface area contributed by atoms with Gasteiger partial charge in [-0.2, -0.15) is 0 Å². The van der Waals surface area contributed by atoms with Gasteiger partial charge >= 0.3 is 0 Å². The fraction of sp³-hybridized carbons (Fsp3) is 0.357. The van der Waals surface area contributed by atoms with E-state index < -0.39 is 0 Å². The maximum atomic E-state index is 10.8. The molecule has 0 aliphatic carbocycles. The number of hydrogen-bond acceptors (Lipinski definition) is 3. The first kappa shape index (κ1) is 14.3. The highest BCUT2D eigenvalue weighted by Gasteiger charge is 2.04. The van der Waals surface area contributed by atoms with Crippen LogP contribution in [0.25, 0.3) is 6.08 Å². The Balaban J connectivity index is 2.35. The number of primary amides is 1. The summed E-state index contributed by atoms with van der Waals surface area (Å²) in [7, 11) is 0. The van der Waals surface area contributed by atoms with Gasteiger partial charge in [-0.05, 0) is 24.2 Å². The molecule has 0 unspecified atom stereocenters. The van der Waals surface area contributed by atoms with E-state index in [1.165, 1.54) is 0 Å². The van der Waals surface area contributed by atoms with Crippen molar-refractivity contribution in [3.05, 3.63) is 36.4 Å². The lowest BCUT2D eigenvalue weighted by Gasteiger charge is -2.18. The van der Waals surface area contributed by atoms with Crippen LogP contribution in [-0.4, -0.2) is 37.0 Å². The number of nitrogens with one attached hydrogen (secondary N) is 1. The molecule has 0 aliphatic heterocycles. The second-order valence-corrected chi connectivity index (χ2v) is 4.09. The highest BCUT2D eigenvalue weighted by molar-refractivity contribution is 5.75. The van der Waals surface area contributed by atoms with Crippen LogP contribution in [0.1, 0.15) is 12.5 Å². The van der Waals surface area contributed by atoms with Crippen molar-refractivity contribution < 1.29 is 4.79 Å². The van der Waals surface area contributed by atoms with Crippen molar-refractivity contribution in [2.45, 2.75) is 6.92 Å². The zero-order valence-electron chi connectivity index (χ0n) is 10.9. The van der Waals surface area contributed by atoms with Crippen molar-refractivity contribution in [3.8, 4) is 0 Å². The summed E-state index contributed by atoms with van der Waals surface area (Å²) in [5.74, 6) is -0.285. The minimum absolute atomic E-state index is 0.285. The number of rotatable bonds is 8. The molecule has 0 aliphatic rings. The predicted molar refractivity (Wildman–Crippen MR) is 76.3 cm³/mol. The van der Waals surface area contributed by atoms with Gasteiger partial charge in [-0.1, -0.05) is 31.7 Å². The Hall–Kier alpha value is -1.81. The van der Waals surface area contributed by atoms with Crippen LogP contribution in [0.5, 0.6) is 0 Å². The van der Waals surface area contributed by atoms with Crippen LogP contribution in [0.3, 0.4) is 0 Å². The van der Waals surface area contributed by atoms with Crippen molar-refractivity contribution in [3.63, 3.8) is 0 Å². The van der Waals surface area contributed by atoms with Gasteiger partial charge in [-0.3, -0.25) is 9.69 Å². The SMILES string of the molecule is C=Cc1ccc(NCCN(CC)CC(N)=O)cc1. The van der Waals surface area contributed by atoms with E-state index in [0.717, 1.165) is 30.9 Å². The summed E-state index contributed by atoms with van der Waals surface area (Å²) in [6, 6.07) is 8.05. The van der Waals surface area contributed by atoms with Crippen LogP contribution < -0.4 is 11.1 Å². The first-order chi connectivity index (χ1) is 8.65. The van der Waals surface area contributed by atoms with Gasteiger partial charge in [0.2, 0.25) is 5.91 Å². The maximum absolute atomic E-state index is 10.8. The van der Waals surface area contributed by atoms with Gasteiger partial charge in [0, 0.05) is 18.8 Å². The van der Waals surface area contributed by atoms with Crippen LogP contribution in [-0.2, 0) is 4.79 Å². The van der Waals surface area contributed by atoms with Crippen LogP contribution in [0.4, 0.5) is 5.69 Å². The number of carbonyl (C=O) groups is 1. The van der Waals surface area contributed by atoms with Crippen LogP contribution in [0.15, 0.2) is 30.8 Å². The average molecular weight is 247 g/mol. The van der Waals surface area contributed by atoms with Gasteiger partial charge in [0.05, 0.1) is 6.54 Å². The summed E-state index contributed by atoms with van der Waals surface area (Å²) in [6.45, 7) is 8.44. The standard InChI is InChI=1S/C14H21N3O/c1-3-12-5-7-13(8-6-12)16-9-10-17(4-2)11-14(15)18/h3,5-8,16H,1,4,9-11H2,2H3,(H2,15,18). The molecule has 4 nitrogen and oxygen atoms in total. The van der Waals surface area contributed by atoms with Crippen molar-refractivity contribution >= 4 is 17.7 Å². The fourth-order valence-corrected chi connectivity index (χ4v) is 1.66. The minimum Gasteiger partial charge on any atom is -0.384 e. The summed E-state index contributed by atoms with van der Waals surface area (Å²) in [5.41, 5.74) is 7.34. The monoisotopic (exact) mass is 247 g/mol. The molecule has 0 heterocycles. The molecule has 0 radical (unpaired) electrons. The van der Waals surface area contributed by atoms with Crippen molar-refractivity contribution in [1.29, 1.82) is 0 Å². The van der Waals surface area contributed by atoms with E-state index in [-0.39, 0.29) is 5.91 Å². The van der Waals surface area contributed by atoms with Gasteiger partial charge in [-0.25, -0.2) is 0 Å². The number of amides is 1. The zero-order valence-corrected chi connectivity index (χ0v) is 10.9. The molecule has 0 fully saturated rings. The number of nitrogens with two attached hydrogens (primary N) is 1. The Morgan fingerprint density at radius 2 is 2.11 bits per heavy atom. The third kappa shape index (κ3) is 5.01. The van der Waals surface area contributed by atoms with Gasteiger partial charge in [0.15, 0.2) is 0 Å². The molecule has 1 aromatic carbocycles. The molecule has 0 aromatic heterocycles. The molecule has 1 amide bonds. The van der Waals surface area contributed by atoms with Gasteiger partial charge < -0.3 is 11.1 Å². The van der Waals surface area contributed by atoms with Crippen LogP contribution in [0, 0.1) is 0 Å². The van der Waals surface area contributed by atoms with Gasteiger partial charge in [0.1, 0.15) is 0 Å². The third-order valence-corrected chi connectivity index (χ3v) is 2.73. The number of nitrogens with zero attached hydrogens (tertiary/aromatic N) is 1. The highest BCUT2D eigenvalue weighted by Crippen LogP contribution is 2.09. The summed E-state index contributed by atoms with van der Waals surface area (Å²) in [6.07, 6.45) is 1.81. The Labute approximate surface area is 108 Å². The van der Waals surface area contributed by atoms with Crippen molar-refractivity contribution in [1.82, 2.24) is 4.90 Å². The molecular formula is C14H21N3O. The normalized spacial score (nSPS) is 10.3. The Kier molecular flexibility index (Phi) is 5.94. The molecule has 0 spiro atoms. The number of likely N-dealkylation sites (N-methyl/N-ethyl adjacent to an activating group) is 1. The van der Waals surface area contributed by atoms with E-state index in [9.17, 15) is 4.79 Å². The second kappa shape index (κ2) is 7.50. The summed E-state index contributed by atoms with van der Waals surface area (Å²) < 4.78 is 0. The summed E-state index contributed by atoms with van der Waals surface area (Å²) >= 11 is 0. The number of benzene rings is 1. The first-order valence-corrected chi connectivity index (χ1v) is 6.12. The molecule has 3 N–H and O–H groups in total. The summed E-state index contributed by atoms with van der Waals surface area (Å²) in [5, 5.41) is 3.31. The van der Waals surface area contributed by atoms with E-state index in [1.54, 1.807) is 0 Å². The highest BCUT2D eigenvalue weighted by atomic mass is 16.1. The Morgan fingerprint density at radius 3 is 2.61 bits per heavy atom. The molecule has 4 heteroatoms. The second-order valence-electron chi connectivity index (χ2n) is 4.09. The van der Waals surface area contributed by atoms with E-state index >= 15 is 0 Å². The minimum atomic E-state index is -0.285. The molecular weight excluding hydrogens is 226 g/mol. The first-order valence-electron chi connectivity index (χ1n) is 6.12. The van der Waals surface area contributed by atoms with Gasteiger partial charge in [0.25, 0.3) is 0 Å². The Morgan fingerprint density at radius 1 is 1.44 bits per heavy atom. The van der Waals surface area contributed by atoms with E-state index in [1.807, 2.05) is 42.2 Å². The van der Waals surface area contributed by atoms with Crippen molar-refractivity contribution in [2.75, 3.05) is 31.5 Å². The molecule has 1 aromatic rings. The van der Waals surface area contributed by atoms with E-state index in [2.05, 4.69) is 11.9 Å².